The van der Waals surface area contributed by atoms with Gasteiger partial charge in [-0.3, -0.25) is 0 Å². The molecule has 0 N–H and O–H groups in total. The molecule has 5 rings (SSSR count). The van der Waals surface area contributed by atoms with E-state index >= 15 is 0 Å². The average molecular weight is 491 g/mol. The van der Waals surface area contributed by atoms with Crippen molar-refractivity contribution >= 4 is 69.3 Å². The maximum atomic E-state index is 5.52. The Morgan fingerprint density at radius 3 is 2.21 bits per heavy atom. The normalized spacial score (nSPS) is 14.7. The van der Waals surface area contributed by atoms with E-state index < -0.39 is 0 Å². The molecule has 0 amide bonds. The van der Waals surface area contributed by atoms with E-state index in [0.29, 0.717) is 0 Å². The number of hydrogen-bond donors (Lipinski definition) is 0. The SMILES string of the molecule is COc1ccc(OC)c2sc(N3CCN(c4nc5ccc(Br)cc5s4)CC3)nc12. The topological polar surface area (TPSA) is 50.7 Å². The zero-order valence-electron chi connectivity index (χ0n) is 16.0. The van der Waals surface area contributed by atoms with Crippen LogP contribution in [0.15, 0.2) is 34.8 Å². The number of hydrogen-bond acceptors (Lipinski definition) is 8. The summed E-state index contributed by atoms with van der Waals surface area (Å²) in [5.41, 5.74) is 1.92. The number of thiazole rings is 2. The fourth-order valence-corrected chi connectivity index (χ4v) is 6.22. The van der Waals surface area contributed by atoms with Crippen molar-refractivity contribution in [1.29, 1.82) is 0 Å². The van der Waals surface area contributed by atoms with E-state index in [0.717, 1.165) is 68.1 Å². The van der Waals surface area contributed by atoms with Gasteiger partial charge in [0.05, 0.1) is 24.4 Å². The van der Waals surface area contributed by atoms with Crippen molar-refractivity contribution in [2.45, 2.75) is 0 Å². The first-order chi connectivity index (χ1) is 14.2. The molecule has 2 aromatic carbocycles. The quantitative estimate of drug-likeness (QED) is 0.400. The van der Waals surface area contributed by atoms with Crippen molar-refractivity contribution in [1.82, 2.24) is 9.97 Å². The molecule has 0 atom stereocenters. The molecule has 4 aromatic rings. The van der Waals surface area contributed by atoms with Crippen molar-refractivity contribution < 1.29 is 9.47 Å². The molecule has 150 valence electrons. The summed E-state index contributed by atoms with van der Waals surface area (Å²) in [5.74, 6) is 1.62. The molecule has 0 unspecified atom stereocenters. The number of aromatic nitrogens is 2. The first kappa shape index (κ1) is 18.9. The summed E-state index contributed by atoms with van der Waals surface area (Å²) in [4.78, 5) is 14.4. The minimum Gasteiger partial charge on any atom is -0.495 e. The second-order valence-electron chi connectivity index (χ2n) is 6.73. The zero-order chi connectivity index (χ0) is 20.0. The second kappa shape index (κ2) is 7.62. The second-order valence-corrected chi connectivity index (χ2v) is 9.63. The molecule has 0 aliphatic carbocycles. The van der Waals surface area contributed by atoms with Gasteiger partial charge >= 0.3 is 0 Å². The van der Waals surface area contributed by atoms with Gasteiger partial charge in [0, 0.05) is 30.7 Å². The third kappa shape index (κ3) is 3.41. The maximum Gasteiger partial charge on any atom is 0.186 e. The van der Waals surface area contributed by atoms with Gasteiger partial charge in [0.25, 0.3) is 0 Å². The van der Waals surface area contributed by atoms with E-state index in [4.69, 9.17) is 19.4 Å². The molecule has 1 saturated heterocycles. The van der Waals surface area contributed by atoms with Gasteiger partial charge < -0.3 is 19.3 Å². The predicted molar refractivity (Wildman–Crippen MR) is 124 cm³/mol. The number of anilines is 2. The summed E-state index contributed by atoms with van der Waals surface area (Å²) < 4.78 is 14.3. The third-order valence-electron chi connectivity index (χ3n) is 5.06. The number of benzene rings is 2. The van der Waals surface area contributed by atoms with Crippen LogP contribution < -0.4 is 19.3 Å². The molecule has 6 nitrogen and oxygen atoms in total. The first-order valence-corrected chi connectivity index (χ1v) is 11.7. The van der Waals surface area contributed by atoms with Crippen molar-refractivity contribution in [3.63, 3.8) is 0 Å². The van der Waals surface area contributed by atoms with Gasteiger partial charge in [-0.05, 0) is 30.3 Å². The van der Waals surface area contributed by atoms with Gasteiger partial charge in [-0.15, -0.1) is 0 Å². The van der Waals surface area contributed by atoms with Crippen LogP contribution in [0.5, 0.6) is 11.5 Å². The number of nitrogens with zero attached hydrogens (tertiary/aromatic N) is 4. The van der Waals surface area contributed by atoms with E-state index in [1.54, 1.807) is 36.9 Å². The Morgan fingerprint density at radius 2 is 1.52 bits per heavy atom. The highest BCUT2D eigenvalue weighted by molar-refractivity contribution is 9.10. The van der Waals surface area contributed by atoms with Gasteiger partial charge in [-0.25, -0.2) is 9.97 Å². The smallest absolute Gasteiger partial charge is 0.186 e. The highest BCUT2D eigenvalue weighted by Crippen LogP contribution is 2.40. The number of piperazine rings is 1. The summed E-state index contributed by atoms with van der Waals surface area (Å²) in [5, 5.41) is 2.10. The molecule has 0 saturated carbocycles. The Balaban J connectivity index is 1.37. The van der Waals surface area contributed by atoms with Crippen molar-refractivity contribution in [3.05, 3.63) is 34.8 Å². The summed E-state index contributed by atoms with van der Waals surface area (Å²) in [6.07, 6.45) is 0. The molecule has 3 heterocycles. The Hall–Kier alpha value is -2.10. The van der Waals surface area contributed by atoms with E-state index in [1.807, 2.05) is 18.2 Å². The van der Waals surface area contributed by atoms with Crippen LogP contribution in [0.4, 0.5) is 10.3 Å². The predicted octanol–water partition coefficient (Wildman–Crippen LogP) is 5.01. The van der Waals surface area contributed by atoms with Crippen LogP contribution in [-0.2, 0) is 0 Å². The van der Waals surface area contributed by atoms with E-state index in [1.165, 1.54) is 4.70 Å². The lowest BCUT2D eigenvalue weighted by molar-refractivity contribution is 0.410. The summed E-state index contributed by atoms with van der Waals surface area (Å²) >= 11 is 6.95. The van der Waals surface area contributed by atoms with Gasteiger partial charge in [0.15, 0.2) is 10.3 Å². The Kier molecular flexibility index (Phi) is 4.97. The molecular weight excluding hydrogens is 472 g/mol. The van der Waals surface area contributed by atoms with Crippen LogP contribution in [0.2, 0.25) is 0 Å². The van der Waals surface area contributed by atoms with Crippen molar-refractivity contribution in [2.24, 2.45) is 0 Å². The molecule has 1 aliphatic heterocycles. The third-order valence-corrected chi connectivity index (χ3v) is 7.76. The van der Waals surface area contributed by atoms with Crippen LogP contribution >= 0.6 is 38.6 Å². The summed E-state index contributed by atoms with van der Waals surface area (Å²) in [7, 11) is 3.37. The number of ether oxygens (including phenoxy) is 2. The van der Waals surface area contributed by atoms with Crippen LogP contribution in [0, 0.1) is 0 Å². The Bertz CT molecular complexity index is 1140. The van der Waals surface area contributed by atoms with Crippen LogP contribution in [-0.4, -0.2) is 50.4 Å². The van der Waals surface area contributed by atoms with Crippen LogP contribution in [0.1, 0.15) is 0 Å². The van der Waals surface area contributed by atoms with Crippen LogP contribution in [0.3, 0.4) is 0 Å². The Labute approximate surface area is 184 Å². The van der Waals surface area contributed by atoms with E-state index in [9.17, 15) is 0 Å². The molecule has 9 heteroatoms. The molecule has 2 aromatic heterocycles. The van der Waals surface area contributed by atoms with Crippen LogP contribution in [0.25, 0.3) is 20.4 Å². The van der Waals surface area contributed by atoms with Crippen molar-refractivity contribution in [2.75, 3.05) is 50.2 Å². The lowest BCUT2D eigenvalue weighted by Crippen LogP contribution is -2.46. The lowest BCUT2D eigenvalue weighted by atomic mass is 10.3. The van der Waals surface area contributed by atoms with Gasteiger partial charge in [0.2, 0.25) is 0 Å². The summed E-state index contributed by atoms with van der Waals surface area (Å²) in [6, 6.07) is 10.1. The minimum absolute atomic E-state index is 0.780. The number of fused-ring (bicyclic) bond motifs is 2. The minimum atomic E-state index is 0.780. The van der Waals surface area contributed by atoms with Gasteiger partial charge in [0.1, 0.15) is 21.7 Å². The number of halogens is 1. The molecule has 1 aliphatic rings. The zero-order valence-corrected chi connectivity index (χ0v) is 19.2. The molecular formula is C20H19BrN4O2S2. The fourth-order valence-electron chi connectivity index (χ4n) is 3.52. The lowest BCUT2D eigenvalue weighted by Gasteiger charge is -2.34. The molecule has 29 heavy (non-hydrogen) atoms. The molecule has 1 fully saturated rings. The Morgan fingerprint density at radius 1 is 0.862 bits per heavy atom. The fraction of sp³-hybridized carbons (Fsp3) is 0.300. The van der Waals surface area contributed by atoms with E-state index in [2.05, 4.69) is 37.9 Å². The van der Waals surface area contributed by atoms with Crippen molar-refractivity contribution in [3.8, 4) is 11.5 Å². The molecule has 0 radical (unpaired) electrons. The highest BCUT2D eigenvalue weighted by atomic mass is 79.9. The van der Waals surface area contributed by atoms with E-state index in [-0.39, 0.29) is 0 Å². The number of rotatable bonds is 4. The molecule has 0 spiro atoms. The monoisotopic (exact) mass is 490 g/mol. The first-order valence-electron chi connectivity index (χ1n) is 9.24. The maximum absolute atomic E-state index is 5.52. The summed E-state index contributed by atoms with van der Waals surface area (Å²) in [6.45, 7) is 3.66. The number of methoxy groups -OCH3 is 2. The largest absolute Gasteiger partial charge is 0.495 e. The highest BCUT2D eigenvalue weighted by Gasteiger charge is 2.23. The standard InChI is InChI=1S/C20H19BrN4O2S2/c1-26-14-5-6-15(27-2)18-17(14)23-20(29-18)25-9-7-24(8-10-25)19-22-13-4-3-12(21)11-16(13)28-19/h3-6,11H,7-10H2,1-2H3. The molecule has 0 bridgehead atoms. The van der Waals surface area contributed by atoms with Gasteiger partial charge in [-0.2, -0.15) is 0 Å². The average Bonchev–Trinajstić information content (AvgIpc) is 3.37. The van der Waals surface area contributed by atoms with Gasteiger partial charge in [-0.1, -0.05) is 38.6 Å².